The van der Waals surface area contributed by atoms with Crippen LogP contribution in [-0.4, -0.2) is 17.8 Å². The Morgan fingerprint density at radius 2 is 1.89 bits per heavy atom. The zero-order valence-electron chi connectivity index (χ0n) is 11.4. The minimum absolute atomic E-state index is 0.00363. The van der Waals surface area contributed by atoms with Crippen LogP contribution in [0.3, 0.4) is 0 Å². The fourth-order valence-corrected chi connectivity index (χ4v) is 1.99. The van der Waals surface area contributed by atoms with Crippen molar-refractivity contribution in [1.82, 2.24) is 5.32 Å². The Labute approximate surface area is 115 Å². The lowest BCUT2D eigenvalue weighted by molar-refractivity contribution is -0.123. The molecule has 1 aromatic rings. The highest BCUT2D eigenvalue weighted by atomic mass is 35.5. The van der Waals surface area contributed by atoms with Gasteiger partial charge in [0.25, 0.3) is 0 Å². The predicted octanol–water partition coefficient (Wildman–Crippen LogP) is 3.39. The van der Waals surface area contributed by atoms with Crippen LogP contribution in [0.15, 0.2) is 30.3 Å². The number of alkyl halides is 1. The molecule has 1 amide bonds. The van der Waals surface area contributed by atoms with E-state index in [1.165, 1.54) is 5.56 Å². The Kier molecular flexibility index (Phi) is 5.67. The monoisotopic (exact) mass is 267 g/mol. The number of benzene rings is 1. The van der Waals surface area contributed by atoms with Gasteiger partial charge in [-0.3, -0.25) is 4.79 Å². The normalized spacial score (nSPS) is 13.1. The van der Waals surface area contributed by atoms with Gasteiger partial charge in [-0.15, -0.1) is 11.6 Å². The largest absolute Gasteiger partial charge is 0.352 e. The van der Waals surface area contributed by atoms with Gasteiger partial charge in [-0.25, -0.2) is 0 Å². The van der Waals surface area contributed by atoms with Crippen molar-refractivity contribution in [3.05, 3.63) is 35.9 Å². The number of hydrogen-bond acceptors (Lipinski definition) is 1. The average Bonchev–Trinajstić information content (AvgIpc) is 2.27. The van der Waals surface area contributed by atoms with Gasteiger partial charge in [-0.2, -0.15) is 0 Å². The lowest BCUT2D eigenvalue weighted by Crippen LogP contribution is -2.39. The van der Waals surface area contributed by atoms with Crippen LogP contribution in [0.1, 0.15) is 32.8 Å². The molecule has 1 atom stereocenters. The number of nitrogens with one attached hydrogen (secondary N) is 1. The van der Waals surface area contributed by atoms with Crippen molar-refractivity contribution in [2.75, 3.05) is 5.88 Å². The summed E-state index contributed by atoms with van der Waals surface area (Å²) in [6, 6.07) is 10.1. The van der Waals surface area contributed by atoms with Crippen molar-refractivity contribution in [3.63, 3.8) is 0 Å². The Morgan fingerprint density at radius 3 is 2.39 bits per heavy atom. The molecule has 0 aliphatic rings. The number of hydrogen-bond donors (Lipinski definition) is 1. The van der Waals surface area contributed by atoms with Gasteiger partial charge in [-0.1, -0.05) is 51.1 Å². The van der Waals surface area contributed by atoms with Crippen molar-refractivity contribution < 1.29 is 4.79 Å². The maximum atomic E-state index is 11.8. The van der Waals surface area contributed by atoms with E-state index in [9.17, 15) is 4.79 Å². The maximum absolute atomic E-state index is 11.8. The van der Waals surface area contributed by atoms with E-state index in [1.807, 2.05) is 18.2 Å². The molecule has 0 saturated carbocycles. The van der Waals surface area contributed by atoms with E-state index < -0.39 is 0 Å². The minimum Gasteiger partial charge on any atom is -0.352 e. The standard InChI is InChI=1S/C15H22ClNO/c1-15(2,3)10-14(18)17-13(11-16)9-12-7-5-4-6-8-12/h4-8,13H,9-11H2,1-3H3,(H,17,18). The summed E-state index contributed by atoms with van der Waals surface area (Å²) < 4.78 is 0. The minimum atomic E-state index is 0.00363. The molecule has 0 heterocycles. The fraction of sp³-hybridized carbons (Fsp3) is 0.533. The summed E-state index contributed by atoms with van der Waals surface area (Å²) in [6.07, 6.45) is 1.30. The van der Waals surface area contributed by atoms with Crippen LogP contribution < -0.4 is 5.32 Å². The summed E-state index contributed by atoms with van der Waals surface area (Å²) in [5, 5.41) is 3.00. The van der Waals surface area contributed by atoms with E-state index >= 15 is 0 Å². The summed E-state index contributed by atoms with van der Waals surface area (Å²) >= 11 is 5.92. The first kappa shape index (κ1) is 15.0. The van der Waals surface area contributed by atoms with Crippen molar-refractivity contribution in [3.8, 4) is 0 Å². The van der Waals surface area contributed by atoms with Gasteiger partial charge in [0.2, 0.25) is 5.91 Å². The Balaban J connectivity index is 2.50. The zero-order valence-corrected chi connectivity index (χ0v) is 12.1. The van der Waals surface area contributed by atoms with Gasteiger partial charge in [0.15, 0.2) is 0 Å². The smallest absolute Gasteiger partial charge is 0.220 e. The molecule has 0 aromatic heterocycles. The van der Waals surface area contributed by atoms with Crippen LogP contribution in [0, 0.1) is 5.41 Å². The number of amides is 1. The SMILES string of the molecule is CC(C)(C)CC(=O)NC(CCl)Cc1ccccc1. The summed E-state index contributed by atoms with van der Waals surface area (Å²) in [6.45, 7) is 6.17. The molecule has 100 valence electrons. The third-order valence-corrected chi connectivity index (χ3v) is 2.94. The fourth-order valence-electron chi connectivity index (χ4n) is 1.80. The first-order valence-corrected chi connectivity index (χ1v) is 6.83. The molecule has 0 aliphatic carbocycles. The molecule has 1 N–H and O–H groups in total. The van der Waals surface area contributed by atoms with Crippen LogP contribution in [-0.2, 0) is 11.2 Å². The lowest BCUT2D eigenvalue weighted by Gasteiger charge is -2.21. The third kappa shape index (κ3) is 6.06. The quantitative estimate of drug-likeness (QED) is 0.814. The van der Waals surface area contributed by atoms with Crippen molar-refractivity contribution in [2.24, 2.45) is 5.41 Å². The Hall–Kier alpha value is -1.02. The Bertz CT molecular complexity index is 370. The van der Waals surface area contributed by atoms with E-state index in [0.717, 1.165) is 6.42 Å². The third-order valence-electron chi connectivity index (χ3n) is 2.57. The lowest BCUT2D eigenvalue weighted by atomic mass is 9.92. The summed E-state index contributed by atoms with van der Waals surface area (Å²) in [5.41, 5.74) is 1.20. The van der Waals surface area contributed by atoms with Gasteiger partial charge in [0.05, 0.1) is 0 Å². The molecule has 0 fully saturated rings. The second-order valence-electron chi connectivity index (χ2n) is 5.85. The van der Waals surface area contributed by atoms with Crippen molar-refractivity contribution in [2.45, 2.75) is 39.7 Å². The summed E-state index contributed by atoms with van der Waals surface area (Å²) in [4.78, 5) is 11.8. The molecule has 0 bridgehead atoms. The van der Waals surface area contributed by atoms with Gasteiger partial charge in [-0.05, 0) is 17.4 Å². The molecule has 1 aromatic carbocycles. The highest BCUT2D eigenvalue weighted by molar-refractivity contribution is 6.18. The molecule has 0 radical (unpaired) electrons. The maximum Gasteiger partial charge on any atom is 0.220 e. The van der Waals surface area contributed by atoms with Crippen LogP contribution in [0.25, 0.3) is 0 Å². The second-order valence-corrected chi connectivity index (χ2v) is 6.15. The molecule has 0 aliphatic heterocycles. The zero-order chi connectivity index (χ0) is 13.6. The van der Waals surface area contributed by atoms with E-state index in [0.29, 0.717) is 12.3 Å². The van der Waals surface area contributed by atoms with Gasteiger partial charge >= 0.3 is 0 Å². The Morgan fingerprint density at radius 1 is 1.28 bits per heavy atom. The van der Waals surface area contributed by atoms with E-state index in [2.05, 4.69) is 38.2 Å². The molecule has 18 heavy (non-hydrogen) atoms. The molecular weight excluding hydrogens is 246 g/mol. The number of halogens is 1. The van der Waals surface area contributed by atoms with Crippen LogP contribution in [0.4, 0.5) is 0 Å². The van der Waals surface area contributed by atoms with E-state index in [4.69, 9.17) is 11.6 Å². The number of rotatable bonds is 5. The highest BCUT2D eigenvalue weighted by Crippen LogP contribution is 2.18. The van der Waals surface area contributed by atoms with Crippen LogP contribution in [0.2, 0.25) is 0 Å². The van der Waals surface area contributed by atoms with E-state index in [1.54, 1.807) is 0 Å². The number of carbonyl (C=O) groups excluding carboxylic acids is 1. The topological polar surface area (TPSA) is 29.1 Å². The van der Waals surface area contributed by atoms with Gasteiger partial charge < -0.3 is 5.32 Å². The molecule has 0 saturated heterocycles. The molecule has 1 unspecified atom stereocenters. The summed E-state index contributed by atoms with van der Waals surface area (Å²) in [7, 11) is 0. The molecule has 0 spiro atoms. The predicted molar refractivity (Wildman–Crippen MR) is 76.9 cm³/mol. The molecule has 1 rings (SSSR count). The van der Waals surface area contributed by atoms with E-state index in [-0.39, 0.29) is 17.4 Å². The van der Waals surface area contributed by atoms with Crippen molar-refractivity contribution in [1.29, 1.82) is 0 Å². The second kappa shape index (κ2) is 6.79. The first-order chi connectivity index (χ1) is 8.40. The summed E-state index contributed by atoms with van der Waals surface area (Å²) in [5.74, 6) is 0.509. The molecular formula is C15H22ClNO. The molecule has 2 nitrogen and oxygen atoms in total. The van der Waals surface area contributed by atoms with Crippen molar-refractivity contribution >= 4 is 17.5 Å². The number of carbonyl (C=O) groups is 1. The first-order valence-electron chi connectivity index (χ1n) is 6.30. The van der Waals surface area contributed by atoms with Crippen LogP contribution in [0.5, 0.6) is 0 Å². The average molecular weight is 268 g/mol. The van der Waals surface area contributed by atoms with Crippen LogP contribution >= 0.6 is 11.6 Å². The van der Waals surface area contributed by atoms with Gasteiger partial charge in [0, 0.05) is 18.3 Å². The highest BCUT2D eigenvalue weighted by Gasteiger charge is 2.18. The molecule has 3 heteroatoms. The van der Waals surface area contributed by atoms with Gasteiger partial charge in [0.1, 0.15) is 0 Å².